The number of hydrogen-bond donors (Lipinski definition) is 3. The lowest BCUT2D eigenvalue weighted by molar-refractivity contribution is -0.121. The van der Waals surface area contributed by atoms with E-state index in [1.165, 1.54) is 13.1 Å². The highest BCUT2D eigenvalue weighted by Gasteiger charge is 2.30. The van der Waals surface area contributed by atoms with Gasteiger partial charge in [0.2, 0.25) is 17.6 Å². The summed E-state index contributed by atoms with van der Waals surface area (Å²) in [5.74, 6) is -0.624. The summed E-state index contributed by atoms with van der Waals surface area (Å²) >= 11 is 5.87. The highest BCUT2D eigenvalue weighted by Crippen LogP contribution is 2.33. The first-order valence-electron chi connectivity index (χ1n) is 12.4. The molecule has 37 heavy (non-hydrogen) atoms. The van der Waals surface area contributed by atoms with Crippen molar-refractivity contribution in [3.8, 4) is 0 Å². The fourth-order valence-corrected chi connectivity index (χ4v) is 4.72. The standard InChI is InChI=1S/C26H31ClN6O4/c1-16(34)28-13-4-14-33(2)19-9-6-17(7-10-19)25(35)32-23-22-20(5-3-12-29-22)37-24(23)26(36)31-21-11-8-18(27)15-30-21/h3,5,8,11-12,15,17,19H,4,6-7,9-10,13-14H2,1-2H3,(H,28,34)(H,32,35)(H,30,31,36). The number of anilines is 2. The molecule has 0 bridgehead atoms. The predicted octanol–water partition coefficient (Wildman–Crippen LogP) is 4.08. The lowest BCUT2D eigenvalue weighted by Crippen LogP contribution is -2.39. The summed E-state index contributed by atoms with van der Waals surface area (Å²) in [7, 11) is 2.09. The third-order valence-corrected chi connectivity index (χ3v) is 6.85. The number of carbonyl (C=O) groups is 3. The summed E-state index contributed by atoms with van der Waals surface area (Å²) in [4.78, 5) is 48.0. The average Bonchev–Trinajstić information content (AvgIpc) is 3.26. The molecule has 3 amide bonds. The Bertz CT molecular complexity index is 1250. The number of pyridine rings is 2. The molecule has 3 heterocycles. The Morgan fingerprint density at radius 3 is 2.59 bits per heavy atom. The zero-order chi connectivity index (χ0) is 26.4. The van der Waals surface area contributed by atoms with E-state index in [2.05, 4.69) is 37.9 Å². The fraction of sp³-hybridized carbons (Fsp3) is 0.423. The number of halogens is 1. The van der Waals surface area contributed by atoms with E-state index in [-0.39, 0.29) is 29.2 Å². The van der Waals surface area contributed by atoms with Gasteiger partial charge in [-0.3, -0.25) is 19.4 Å². The SMILES string of the molecule is CC(=O)NCCCN(C)C1CCC(C(=O)Nc2c(C(=O)Nc3ccc(Cl)cn3)oc3cccnc23)CC1. The Kier molecular flexibility index (Phi) is 8.73. The molecule has 4 rings (SSSR count). The minimum Gasteiger partial charge on any atom is -0.447 e. The predicted molar refractivity (Wildman–Crippen MR) is 142 cm³/mol. The van der Waals surface area contributed by atoms with Gasteiger partial charge in [-0.25, -0.2) is 4.98 Å². The number of rotatable bonds is 9. The molecule has 10 nitrogen and oxygen atoms in total. The second kappa shape index (κ2) is 12.2. The van der Waals surface area contributed by atoms with Crippen LogP contribution in [-0.4, -0.2) is 58.8 Å². The van der Waals surface area contributed by atoms with Gasteiger partial charge in [0, 0.05) is 37.8 Å². The number of amides is 3. The second-order valence-electron chi connectivity index (χ2n) is 9.28. The van der Waals surface area contributed by atoms with Crippen molar-refractivity contribution in [1.82, 2.24) is 20.2 Å². The van der Waals surface area contributed by atoms with Gasteiger partial charge in [-0.15, -0.1) is 0 Å². The highest BCUT2D eigenvalue weighted by molar-refractivity contribution is 6.30. The number of carbonyl (C=O) groups excluding carboxylic acids is 3. The van der Waals surface area contributed by atoms with Crippen molar-refractivity contribution >= 4 is 51.9 Å². The van der Waals surface area contributed by atoms with Gasteiger partial charge in [-0.05, 0) is 70.0 Å². The van der Waals surface area contributed by atoms with Gasteiger partial charge in [0.15, 0.2) is 5.58 Å². The van der Waals surface area contributed by atoms with Gasteiger partial charge in [-0.1, -0.05) is 11.6 Å². The van der Waals surface area contributed by atoms with E-state index in [9.17, 15) is 14.4 Å². The minimum atomic E-state index is -0.548. The van der Waals surface area contributed by atoms with Crippen LogP contribution in [0.5, 0.6) is 0 Å². The molecule has 0 unspecified atom stereocenters. The molecule has 0 saturated heterocycles. The summed E-state index contributed by atoms with van der Waals surface area (Å²) in [5.41, 5.74) is 1.07. The number of nitrogens with one attached hydrogen (secondary N) is 3. The summed E-state index contributed by atoms with van der Waals surface area (Å²) in [5, 5.41) is 8.87. The molecule has 0 aliphatic heterocycles. The molecule has 0 atom stereocenters. The fourth-order valence-electron chi connectivity index (χ4n) is 4.61. The van der Waals surface area contributed by atoms with E-state index in [0.717, 1.165) is 38.6 Å². The minimum absolute atomic E-state index is 0.0166. The number of aromatic nitrogens is 2. The molecule has 0 spiro atoms. The maximum atomic E-state index is 13.2. The summed E-state index contributed by atoms with van der Waals surface area (Å²) in [6.45, 7) is 3.06. The van der Waals surface area contributed by atoms with Crippen molar-refractivity contribution in [2.24, 2.45) is 5.92 Å². The second-order valence-corrected chi connectivity index (χ2v) is 9.72. The van der Waals surface area contributed by atoms with Crippen LogP contribution in [0.3, 0.4) is 0 Å². The number of nitrogens with zero attached hydrogens (tertiary/aromatic N) is 3. The van der Waals surface area contributed by atoms with Gasteiger partial charge in [0.25, 0.3) is 5.91 Å². The molecule has 1 aliphatic carbocycles. The van der Waals surface area contributed by atoms with E-state index < -0.39 is 5.91 Å². The van der Waals surface area contributed by atoms with Crippen molar-refractivity contribution in [3.05, 3.63) is 47.4 Å². The molecule has 1 saturated carbocycles. The third-order valence-electron chi connectivity index (χ3n) is 6.62. The van der Waals surface area contributed by atoms with Crippen LogP contribution in [0.25, 0.3) is 11.1 Å². The van der Waals surface area contributed by atoms with Crippen molar-refractivity contribution in [2.45, 2.75) is 45.1 Å². The van der Waals surface area contributed by atoms with Crippen molar-refractivity contribution < 1.29 is 18.8 Å². The number of furan rings is 1. The summed E-state index contributed by atoms with van der Waals surface area (Å²) in [6, 6.07) is 6.99. The van der Waals surface area contributed by atoms with E-state index in [1.807, 2.05) is 0 Å². The quantitative estimate of drug-likeness (QED) is 0.358. The van der Waals surface area contributed by atoms with Gasteiger partial charge < -0.3 is 25.3 Å². The Hall–Kier alpha value is -3.50. The van der Waals surface area contributed by atoms with Crippen LogP contribution in [0.15, 0.2) is 41.1 Å². The topological polar surface area (TPSA) is 129 Å². The van der Waals surface area contributed by atoms with E-state index >= 15 is 0 Å². The molecular weight excluding hydrogens is 496 g/mol. The van der Waals surface area contributed by atoms with E-state index in [1.54, 1.807) is 30.5 Å². The van der Waals surface area contributed by atoms with Crippen LogP contribution in [0.2, 0.25) is 5.02 Å². The average molecular weight is 527 g/mol. The van der Waals surface area contributed by atoms with E-state index in [4.69, 9.17) is 16.0 Å². The molecule has 3 aromatic heterocycles. The van der Waals surface area contributed by atoms with Gasteiger partial charge >= 0.3 is 0 Å². The summed E-state index contributed by atoms with van der Waals surface area (Å²) in [6.07, 6.45) is 7.18. The van der Waals surface area contributed by atoms with Crippen molar-refractivity contribution in [2.75, 3.05) is 30.8 Å². The monoisotopic (exact) mass is 526 g/mol. The zero-order valence-corrected chi connectivity index (χ0v) is 21.7. The van der Waals surface area contributed by atoms with Crippen LogP contribution >= 0.6 is 11.6 Å². The Morgan fingerprint density at radius 1 is 1.11 bits per heavy atom. The van der Waals surface area contributed by atoms with Crippen molar-refractivity contribution in [1.29, 1.82) is 0 Å². The zero-order valence-electron chi connectivity index (χ0n) is 20.9. The molecule has 1 aliphatic rings. The largest absolute Gasteiger partial charge is 0.447 e. The molecule has 3 N–H and O–H groups in total. The van der Waals surface area contributed by atoms with E-state index in [0.29, 0.717) is 34.5 Å². The number of fused-ring (bicyclic) bond motifs is 1. The maximum Gasteiger partial charge on any atom is 0.294 e. The first kappa shape index (κ1) is 26.6. The van der Waals surface area contributed by atoms with Crippen LogP contribution in [0.4, 0.5) is 11.5 Å². The maximum absolute atomic E-state index is 13.2. The van der Waals surface area contributed by atoms with Gasteiger partial charge in [0.05, 0.1) is 5.02 Å². The van der Waals surface area contributed by atoms with Crippen LogP contribution in [-0.2, 0) is 9.59 Å². The first-order chi connectivity index (χ1) is 17.8. The molecular formula is C26H31ClN6O4. The molecule has 3 aromatic rings. The molecule has 11 heteroatoms. The van der Waals surface area contributed by atoms with Gasteiger partial charge in [-0.2, -0.15) is 0 Å². The summed E-state index contributed by atoms with van der Waals surface area (Å²) < 4.78 is 5.78. The third kappa shape index (κ3) is 6.84. The normalized spacial score (nSPS) is 17.5. The molecule has 1 fully saturated rings. The highest BCUT2D eigenvalue weighted by atomic mass is 35.5. The Morgan fingerprint density at radius 2 is 1.89 bits per heavy atom. The Balaban J connectivity index is 1.39. The lowest BCUT2D eigenvalue weighted by Gasteiger charge is -2.34. The van der Waals surface area contributed by atoms with Gasteiger partial charge in [0.1, 0.15) is 17.0 Å². The number of hydrogen-bond acceptors (Lipinski definition) is 7. The van der Waals surface area contributed by atoms with Crippen molar-refractivity contribution in [3.63, 3.8) is 0 Å². The van der Waals surface area contributed by atoms with Crippen LogP contribution in [0.1, 0.15) is 49.6 Å². The molecule has 196 valence electrons. The lowest BCUT2D eigenvalue weighted by atomic mass is 9.84. The molecule has 0 radical (unpaired) electrons. The molecule has 0 aromatic carbocycles. The Labute approximate surface area is 220 Å². The van der Waals surface area contributed by atoms with Crippen LogP contribution < -0.4 is 16.0 Å². The first-order valence-corrected chi connectivity index (χ1v) is 12.8. The smallest absolute Gasteiger partial charge is 0.294 e. The van der Waals surface area contributed by atoms with Crippen LogP contribution in [0, 0.1) is 5.92 Å².